The zero-order valence-corrected chi connectivity index (χ0v) is 10.7. The molecule has 0 unspecified atom stereocenters. The number of anilines is 1. The highest BCUT2D eigenvalue weighted by atomic mass is 16.1. The molecule has 5 heteroatoms. The van der Waals surface area contributed by atoms with Crippen molar-refractivity contribution in [2.75, 3.05) is 39.0 Å². The zero-order valence-electron chi connectivity index (χ0n) is 10.7. The lowest BCUT2D eigenvalue weighted by atomic mass is 10.2. The van der Waals surface area contributed by atoms with E-state index < -0.39 is 0 Å². The van der Waals surface area contributed by atoms with E-state index in [1.165, 1.54) is 0 Å². The molecule has 2 N–H and O–H groups in total. The van der Waals surface area contributed by atoms with Gasteiger partial charge in [-0.15, -0.1) is 0 Å². The van der Waals surface area contributed by atoms with Gasteiger partial charge in [0.1, 0.15) is 0 Å². The Morgan fingerprint density at radius 1 is 1.47 bits per heavy atom. The molecule has 0 aliphatic carbocycles. The number of hydrogen-bond acceptors (Lipinski definition) is 4. The van der Waals surface area contributed by atoms with Crippen LogP contribution in [0, 0.1) is 0 Å². The standard InChI is InChI=1S/C12H20N4O/c1-4-14-11-5-6-13-9-10(11)12(17)15-7-8-16(2)3/h5-6,9H,4,7-8H2,1-3H3,(H,13,14)(H,15,17). The van der Waals surface area contributed by atoms with Crippen molar-refractivity contribution < 1.29 is 4.79 Å². The minimum absolute atomic E-state index is 0.0871. The van der Waals surface area contributed by atoms with Gasteiger partial charge >= 0.3 is 0 Å². The number of nitrogens with zero attached hydrogens (tertiary/aromatic N) is 2. The molecule has 94 valence electrons. The molecule has 0 bridgehead atoms. The lowest BCUT2D eigenvalue weighted by molar-refractivity contribution is 0.0951. The molecule has 0 radical (unpaired) electrons. The van der Waals surface area contributed by atoms with E-state index in [0.29, 0.717) is 12.1 Å². The van der Waals surface area contributed by atoms with Crippen molar-refractivity contribution >= 4 is 11.6 Å². The number of rotatable bonds is 6. The van der Waals surface area contributed by atoms with Gasteiger partial charge in [0.05, 0.1) is 11.3 Å². The maximum Gasteiger partial charge on any atom is 0.254 e. The molecule has 5 nitrogen and oxygen atoms in total. The number of amides is 1. The summed E-state index contributed by atoms with van der Waals surface area (Å²) in [6.45, 7) is 4.23. The monoisotopic (exact) mass is 236 g/mol. The number of pyridine rings is 1. The van der Waals surface area contributed by atoms with E-state index in [4.69, 9.17) is 0 Å². The van der Waals surface area contributed by atoms with E-state index in [1.54, 1.807) is 12.4 Å². The molecule has 0 spiro atoms. The summed E-state index contributed by atoms with van der Waals surface area (Å²) in [6, 6.07) is 1.81. The zero-order chi connectivity index (χ0) is 12.7. The van der Waals surface area contributed by atoms with Gasteiger partial charge in [0.15, 0.2) is 0 Å². The van der Waals surface area contributed by atoms with Crippen molar-refractivity contribution in [1.82, 2.24) is 15.2 Å². The predicted molar refractivity (Wildman–Crippen MR) is 69.3 cm³/mol. The number of hydrogen-bond donors (Lipinski definition) is 2. The van der Waals surface area contributed by atoms with Crippen LogP contribution in [0.3, 0.4) is 0 Å². The molecule has 1 heterocycles. The molecule has 17 heavy (non-hydrogen) atoms. The van der Waals surface area contributed by atoms with E-state index in [-0.39, 0.29) is 5.91 Å². The molecule has 1 rings (SSSR count). The summed E-state index contributed by atoms with van der Waals surface area (Å²) < 4.78 is 0. The third kappa shape index (κ3) is 4.40. The Balaban J connectivity index is 2.61. The molecule has 1 amide bonds. The highest BCUT2D eigenvalue weighted by Crippen LogP contribution is 2.12. The van der Waals surface area contributed by atoms with Crippen molar-refractivity contribution in [3.05, 3.63) is 24.0 Å². The fourth-order valence-corrected chi connectivity index (χ4v) is 1.41. The first-order valence-corrected chi connectivity index (χ1v) is 5.76. The van der Waals surface area contributed by atoms with Crippen molar-refractivity contribution in [3.8, 4) is 0 Å². The number of carbonyl (C=O) groups is 1. The Labute approximate surface area is 102 Å². The van der Waals surface area contributed by atoms with E-state index in [2.05, 4.69) is 15.6 Å². The molecule has 0 atom stereocenters. The normalized spacial score (nSPS) is 10.4. The van der Waals surface area contributed by atoms with Crippen LogP contribution < -0.4 is 10.6 Å². The molecule has 1 aromatic rings. The Bertz CT molecular complexity index is 365. The van der Waals surface area contributed by atoms with Crippen molar-refractivity contribution in [3.63, 3.8) is 0 Å². The van der Waals surface area contributed by atoms with Crippen LogP contribution >= 0.6 is 0 Å². The summed E-state index contributed by atoms with van der Waals surface area (Å²) >= 11 is 0. The molecule has 0 saturated carbocycles. The van der Waals surface area contributed by atoms with Gasteiger partial charge in [0.25, 0.3) is 5.91 Å². The quantitative estimate of drug-likeness (QED) is 0.767. The van der Waals surface area contributed by atoms with Crippen LogP contribution in [0.2, 0.25) is 0 Å². The van der Waals surface area contributed by atoms with Crippen LogP contribution in [0.1, 0.15) is 17.3 Å². The van der Waals surface area contributed by atoms with Gasteiger partial charge in [-0.2, -0.15) is 0 Å². The summed E-state index contributed by atoms with van der Waals surface area (Å²) in [7, 11) is 3.95. The topological polar surface area (TPSA) is 57.3 Å². The Morgan fingerprint density at radius 2 is 2.24 bits per heavy atom. The van der Waals surface area contributed by atoms with Crippen LogP contribution in [0.5, 0.6) is 0 Å². The van der Waals surface area contributed by atoms with Crippen LogP contribution in [-0.2, 0) is 0 Å². The maximum atomic E-state index is 11.9. The first-order chi connectivity index (χ1) is 8.15. The third-order valence-corrected chi connectivity index (χ3v) is 2.28. The van der Waals surface area contributed by atoms with Crippen molar-refractivity contribution in [1.29, 1.82) is 0 Å². The van der Waals surface area contributed by atoms with Crippen molar-refractivity contribution in [2.45, 2.75) is 6.92 Å². The summed E-state index contributed by atoms with van der Waals surface area (Å²) in [6.07, 6.45) is 3.26. The summed E-state index contributed by atoms with van der Waals surface area (Å²) in [5.74, 6) is -0.0871. The summed E-state index contributed by atoms with van der Waals surface area (Å²) in [5, 5.41) is 6.01. The SMILES string of the molecule is CCNc1ccncc1C(=O)NCCN(C)C. The van der Waals surface area contributed by atoms with Crippen molar-refractivity contribution in [2.24, 2.45) is 0 Å². The van der Waals surface area contributed by atoms with E-state index >= 15 is 0 Å². The molecule has 0 aromatic carbocycles. The fraction of sp³-hybridized carbons (Fsp3) is 0.500. The molecular weight excluding hydrogens is 216 g/mol. The van der Waals surface area contributed by atoms with Crippen LogP contribution in [0.4, 0.5) is 5.69 Å². The largest absolute Gasteiger partial charge is 0.385 e. The highest BCUT2D eigenvalue weighted by Gasteiger charge is 2.10. The Morgan fingerprint density at radius 3 is 2.88 bits per heavy atom. The van der Waals surface area contributed by atoms with Gasteiger partial charge in [-0.1, -0.05) is 0 Å². The molecule has 0 aliphatic heterocycles. The average Bonchev–Trinajstić information content (AvgIpc) is 2.29. The van der Waals surface area contributed by atoms with Gasteiger partial charge in [-0.3, -0.25) is 9.78 Å². The van der Waals surface area contributed by atoms with Crippen LogP contribution in [0.15, 0.2) is 18.5 Å². The molecule has 0 saturated heterocycles. The van der Waals surface area contributed by atoms with Gasteiger partial charge in [-0.25, -0.2) is 0 Å². The second-order valence-corrected chi connectivity index (χ2v) is 4.01. The van der Waals surface area contributed by atoms with E-state index in [9.17, 15) is 4.79 Å². The number of carbonyl (C=O) groups excluding carboxylic acids is 1. The predicted octanol–water partition coefficient (Wildman–Crippen LogP) is 0.805. The average molecular weight is 236 g/mol. The third-order valence-electron chi connectivity index (χ3n) is 2.28. The minimum atomic E-state index is -0.0871. The Kier molecular flexibility index (Phi) is 5.42. The van der Waals surface area contributed by atoms with Gasteiger partial charge in [0, 0.05) is 32.0 Å². The number of aromatic nitrogens is 1. The highest BCUT2D eigenvalue weighted by molar-refractivity contribution is 5.99. The summed E-state index contributed by atoms with van der Waals surface area (Å²) in [4.78, 5) is 17.9. The summed E-state index contributed by atoms with van der Waals surface area (Å²) in [5.41, 5.74) is 1.41. The van der Waals surface area contributed by atoms with Gasteiger partial charge in [-0.05, 0) is 27.1 Å². The minimum Gasteiger partial charge on any atom is -0.385 e. The smallest absolute Gasteiger partial charge is 0.254 e. The van der Waals surface area contributed by atoms with Gasteiger partial charge < -0.3 is 15.5 Å². The first kappa shape index (κ1) is 13.4. The lowest BCUT2D eigenvalue weighted by Gasteiger charge is -2.12. The fourth-order valence-electron chi connectivity index (χ4n) is 1.41. The number of nitrogens with one attached hydrogen (secondary N) is 2. The van der Waals surface area contributed by atoms with Crippen LogP contribution in [0.25, 0.3) is 0 Å². The van der Waals surface area contributed by atoms with E-state index in [0.717, 1.165) is 18.8 Å². The molecular formula is C12H20N4O. The maximum absolute atomic E-state index is 11.9. The molecule has 0 aliphatic rings. The Hall–Kier alpha value is -1.62. The number of likely N-dealkylation sites (N-methyl/N-ethyl adjacent to an activating group) is 1. The second kappa shape index (κ2) is 6.85. The molecule has 1 aromatic heterocycles. The van der Waals surface area contributed by atoms with E-state index in [1.807, 2.05) is 32.0 Å². The van der Waals surface area contributed by atoms with Crippen LogP contribution in [-0.4, -0.2) is 49.5 Å². The molecule has 0 fully saturated rings. The second-order valence-electron chi connectivity index (χ2n) is 4.01. The lowest BCUT2D eigenvalue weighted by Crippen LogP contribution is -2.31. The first-order valence-electron chi connectivity index (χ1n) is 5.76. The van der Waals surface area contributed by atoms with Gasteiger partial charge in [0.2, 0.25) is 0 Å².